The number of aromatic nitrogens is 2. The SMILES string of the molecule is C1=Nc2cccc3cccc(c23)N1.O=c1nccc[nH]1. The molecule has 5 nitrogen and oxygen atoms in total. The molecule has 0 unspecified atom stereocenters. The molecule has 0 amide bonds. The Bertz CT molecular complexity index is 800. The average molecular weight is 264 g/mol. The number of hydrogen-bond acceptors (Lipinski definition) is 4. The quantitative estimate of drug-likeness (QED) is 0.656. The predicted molar refractivity (Wildman–Crippen MR) is 80.6 cm³/mol. The fourth-order valence-corrected chi connectivity index (χ4v) is 2.03. The van der Waals surface area contributed by atoms with E-state index in [1.54, 1.807) is 12.4 Å². The topological polar surface area (TPSA) is 70.1 Å². The maximum atomic E-state index is 10.1. The number of aliphatic imine (C=N–C) groups is 1. The Morgan fingerprint density at radius 3 is 2.55 bits per heavy atom. The van der Waals surface area contributed by atoms with E-state index in [2.05, 4.69) is 38.5 Å². The van der Waals surface area contributed by atoms with Gasteiger partial charge in [0.25, 0.3) is 0 Å². The monoisotopic (exact) mass is 264 g/mol. The number of hydrogen-bond donors (Lipinski definition) is 2. The van der Waals surface area contributed by atoms with E-state index >= 15 is 0 Å². The van der Waals surface area contributed by atoms with Crippen LogP contribution in [-0.4, -0.2) is 16.3 Å². The van der Waals surface area contributed by atoms with Gasteiger partial charge in [-0.15, -0.1) is 0 Å². The van der Waals surface area contributed by atoms with E-state index in [9.17, 15) is 4.79 Å². The zero-order valence-corrected chi connectivity index (χ0v) is 10.6. The first-order chi connectivity index (χ1) is 9.84. The van der Waals surface area contributed by atoms with E-state index in [1.165, 1.54) is 23.2 Å². The van der Waals surface area contributed by atoms with Gasteiger partial charge in [0.15, 0.2) is 0 Å². The lowest BCUT2D eigenvalue weighted by Gasteiger charge is -2.12. The zero-order valence-electron chi connectivity index (χ0n) is 10.6. The minimum absolute atomic E-state index is 0.303. The molecule has 0 radical (unpaired) electrons. The van der Waals surface area contributed by atoms with Crippen LogP contribution in [0.15, 0.2) is 64.6 Å². The first-order valence-corrected chi connectivity index (χ1v) is 6.15. The van der Waals surface area contributed by atoms with Crippen LogP contribution in [0.1, 0.15) is 0 Å². The molecular weight excluding hydrogens is 252 g/mol. The Labute approximate surface area is 115 Å². The fraction of sp³-hybridized carbons (Fsp3) is 0. The summed E-state index contributed by atoms with van der Waals surface area (Å²) >= 11 is 0. The molecule has 0 saturated heterocycles. The van der Waals surface area contributed by atoms with Gasteiger partial charge in [0, 0.05) is 23.5 Å². The van der Waals surface area contributed by atoms with Gasteiger partial charge >= 0.3 is 5.69 Å². The minimum Gasteiger partial charge on any atom is -0.346 e. The summed E-state index contributed by atoms with van der Waals surface area (Å²) in [6.45, 7) is 0. The Kier molecular flexibility index (Phi) is 3.24. The van der Waals surface area contributed by atoms with Crippen molar-refractivity contribution in [1.82, 2.24) is 9.97 Å². The molecule has 0 atom stereocenters. The first-order valence-electron chi connectivity index (χ1n) is 6.15. The highest BCUT2D eigenvalue weighted by Gasteiger charge is 2.06. The molecule has 0 bridgehead atoms. The van der Waals surface area contributed by atoms with Crippen molar-refractivity contribution >= 4 is 28.5 Å². The Hall–Kier alpha value is -2.95. The van der Waals surface area contributed by atoms with E-state index in [4.69, 9.17) is 0 Å². The third kappa shape index (κ3) is 2.42. The minimum atomic E-state index is -0.303. The number of H-pyrrole nitrogens is 1. The van der Waals surface area contributed by atoms with Gasteiger partial charge in [-0.2, -0.15) is 0 Å². The molecule has 2 heterocycles. The van der Waals surface area contributed by atoms with Gasteiger partial charge in [-0.25, -0.2) is 14.8 Å². The average Bonchev–Trinajstić information content (AvgIpc) is 2.50. The van der Waals surface area contributed by atoms with E-state index in [0.717, 1.165) is 11.4 Å². The fourth-order valence-electron chi connectivity index (χ4n) is 2.03. The van der Waals surface area contributed by atoms with Crippen molar-refractivity contribution in [3.63, 3.8) is 0 Å². The molecule has 2 N–H and O–H groups in total. The third-order valence-electron chi connectivity index (χ3n) is 2.89. The summed E-state index contributed by atoms with van der Waals surface area (Å²) < 4.78 is 0. The molecule has 1 aromatic heterocycles. The van der Waals surface area contributed by atoms with Crippen molar-refractivity contribution < 1.29 is 0 Å². The van der Waals surface area contributed by atoms with Crippen LogP contribution in [0.25, 0.3) is 10.8 Å². The van der Waals surface area contributed by atoms with Crippen molar-refractivity contribution in [1.29, 1.82) is 0 Å². The highest BCUT2D eigenvalue weighted by atomic mass is 16.1. The van der Waals surface area contributed by atoms with Crippen LogP contribution in [-0.2, 0) is 0 Å². The lowest BCUT2D eigenvalue weighted by atomic mass is 10.1. The summed E-state index contributed by atoms with van der Waals surface area (Å²) in [6.07, 6.45) is 4.71. The second-order valence-corrected chi connectivity index (χ2v) is 4.17. The number of benzene rings is 2. The highest BCUT2D eigenvalue weighted by molar-refractivity contribution is 6.08. The second-order valence-electron chi connectivity index (χ2n) is 4.17. The van der Waals surface area contributed by atoms with Gasteiger partial charge in [-0.3, -0.25) is 0 Å². The second kappa shape index (κ2) is 5.36. The highest BCUT2D eigenvalue weighted by Crippen LogP contribution is 2.33. The van der Waals surface area contributed by atoms with Crippen LogP contribution >= 0.6 is 0 Å². The van der Waals surface area contributed by atoms with Crippen molar-refractivity contribution in [2.45, 2.75) is 0 Å². The molecule has 1 aliphatic heterocycles. The lowest BCUT2D eigenvalue weighted by Crippen LogP contribution is -2.05. The molecule has 20 heavy (non-hydrogen) atoms. The van der Waals surface area contributed by atoms with Crippen molar-refractivity contribution in [2.24, 2.45) is 4.99 Å². The number of aromatic amines is 1. The van der Waals surface area contributed by atoms with Gasteiger partial charge in [0.1, 0.15) is 0 Å². The molecule has 0 saturated carbocycles. The molecule has 4 rings (SSSR count). The largest absolute Gasteiger partial charge is 0.346 e. The summed E-state index contributed by atoms with van der Waals surface area (Å²) in [7, 11) is 0. The standard InChI is InChI=1S/C11H8N2.C4H4N2O/c1-3-8-4-2-6-10-11(8)9(5-1)12-7-13-10;7-4-5-2-1-3-6-4/h1-7H,(H,12,13);1-3H,(H,5,6,7). The van der Waals surface area contributed by atoms with Gasteiger partial charge in [-0.1, -0.05) is 24.3 Å². The van der Waals surface area contributed by atoms with Crippen LogP contribution in [0.3, 0.4) is 0 Å². The summed E-state index contributed by atoms with van der Waals surface area (Å²) in [5.74, 6) is 0. The van der Waals surface area contributed by atoms with Crippen molar-refractivity contribution in [3.05, 3.63) is 65.3 Å². The zero-order chi connectivity index (χ0) is 13.8. The van der Waals surface area contributed by atoms with Crippen LogP contribution in [0.5, 0.6) is 0 Å². The van der Waals surface area contributed by atoms with Crippen molar-refractivity contribution in [3.8, 4) is 0 Å². The van der Waals surface area contributed by atoms with Crippen LogP contribution in [0.2, 0.25) is 0 Å². The summed E-state index contributed by atoms with van der Waals surface area (Å²) in [5.41, 5.74) is 1.89. The van der Waals surface area contributed by atoms with Gasteiger partial charge < -0.3 is 10.3 Å². The third-order valence-corrected chi connectivity index (χ3v) is 2.89. The molecular formula is C15H12N4O. The van der Waals surface area contributed by atoms with E-state index in [1.807, 2.05) is 18.2 Å². The predicted octanol–water partition coefficient (Wildman–Crippen LogP) is 2.69. The first kappa shape index (κ1) is 12.1. The number of nitrogens with zero attached hydrogens (tertiary/aromatic N) is 2. The summed E-state index contributed by atoms with van der Waals surface area (Å²) in [4.78, 5) is 20.1. The van der Waals surface area contributed by atoms with Gasteiger partial charge in [0.2, 0.25) is 0 Å². The molecule has 5 heteroatoms. The van der Waals surface area contributed by atoms with Crippen molar-refractivity contribution in [2.75, 3.05) is 5.32 Å². The maximum absolute atomic E-state index is 10.1. The summed E-state index contributed by atoms with van der Waals surface area (Å²) in [6, 6.07) is 14.0. The smallest absolute Gasteiger partial charge is 0.344 e. The van der Waals surface area contributed by atoms with E-state index in [0.29, 0.717) is 0 Å². The Morgan fingerprint density at radius 2 is 1.85 bits per heavy atom. The molecule has 3 aromatic rings. The molecule has 1 aliphatic rings. The number of nitrogens with one attached hydrogen (secondary N) is 2. The Morgan fingerprint density at radius 1 is 1.00 bits per heavy atom. The molecule has 98 valence electrons. The van der Waals surface area contributed by atoms with Crippen LogP contribution in [0.4, 0.5) is 11.4 Å². The molecule has 0 spiro atoms. The van der Waals surface area contributed by atoms with Gasteiger partial charge in [0.05, 0.1) is 12.0 Å². The molecule has 2 aromatic carbocycles. The molecule has 0 fully saturated rings. The van der Waals surface area contributed by atoms with Crippen LogP contribution in [0, 0.1) is 0 Å². The lowest BCUT2D eigenvalue weighted by molar-refractivity contribution is 1.08. The molecule has 0 aliphatic carbocycles. The number of anilines is 1. The number of rotatable bonds is 0. The van der Waals surface area contributed by atoms with E-state index < -0.39 is 0 Å². The normalized spacial score (nSPS) is 11.4. The summed E-state index contributed by atoms with van der Waals surface area (Å²) in [5, 5.41) is 5.59. The van der Waals surface area contributed by atoms with Crippen LogP contribution < -0.4 is 11.0 Å². The maximum Gasteiger partial charge on any atom is 0.344 e. The van der Waals surface area contributed by atoms with E-state index in [-0.39, 0.29) is 5.69 Å². The Balaban J connectivity index is 0.000000147. The van der Waals surface area contributed by atoms with Gasteiger partial charge in [-0.05, 0) is 23.6 Å².